The van der Waals surface area contributed by atoms with Crippen molar-refractivity contribution in [3.8, 4) is 0 Å². The number of esters is 1. The average molecular weight is 367 g/mol. The van der Waals surface area contributed by atoms with E-state index in [0.29, 0.717) is 13.0 Å². The molecule has 0 aliphatic heterocycles. The van der Waals surface area contributed by atoms with Crippen LogP contribution < -0.4 is 5.32 Å². The highest BCUT2D eigenvalue weighted by Crippen LogP contribution is 2.36. The first-order valence-corrected chi connectivity index (χ1v) is 8.94. The van der Waals surface area contributed by atoms with Crippen LogP contribution in [0.1, 0.15) is 45.1 Å². The molecule has 0 bridgehead atoms. The van der Waals surface area contributed by atoms with Crippen molar-refractivity contribution in [1.29, 1.82) is 0 Å². The number of carbonyl (C=O) groups is 2. The maximum absolute atomic E-state index is 13.5. The summed E-state index contributed by atoms with van der Waals surface area (Å²) >= 11 is 0. The number of carbonyl (C=O) groups excluding carboxylic acids is 2. The van der Waals surface area contributed by atoms with E-state index < -0.39 is 24.0 Å². The summed E-state index contributed by atoms with van der Waals surface area (Å²) in [5.41, 5.74) is -0.200. The fourth-order valence-electron chi connectivity index (χ4n) is 2.84. The summed E-state index contributed by atoms with van der Waals surface area (Å²) in [5, 5.41) is 2.48. The first kappa shape index (κ1) is 20.2. The van der Waals surface area contributed by atoms with Gasteiger partial charge in [-0.1, -0.05) is 37.3 Å². The van der Waals surface area contributed by atoms with Crippen LogP contribution in [-0.4, -0.2) is 36.7 Å². The zero-order valence-electron chi connectivity index (χ0n) is 15.2. The highest BCUT2D eigenvalue weighted by Gasteiger charge is 2.53. The molecule has 0 radical (unpaired) electrons. The van der Waals surface area contributed by atoms with Crippen molar-refractivity contribution < 1.29 is 28.2 Å². The van der Waals surface area contributed by atoms with Crippen molar-refractivity contribution in [2.45, 2.75) is 64.1 Å². The average Bonchev–Trinajstić information content (AvgIpc) is 2.57. The molecular formula is C19H26FNO5. The molecule has 1 N–H and O–H groups in total. The molecule has 0 heterocycles. The minimum absolute atomic E-state index is 0.114. The monoisotopic (exact) mass is 367 g/mol. The van der Waals surface area contributed by atoms with Gasteiger partial charge in [0.25, 0.3) is 0 Å². The summed E-state index contributed by atoms with van der Waals surface area (Å²) in [6.45, 7) is 4.08. The lowest BCUT2D eigenvalue weighted by Gasteiger charge is -2.44. The normalized spacial score (nSPS) is 22.8. The van der Waals surface area contributed by atoms with Crippen LogP contribution in [0.2, 0.25) is 0 Å². The van der Waals surface area contributed by atoms with Gasteiger partial charge < -0.3 is 19.5 Å². The largest absolute Gasteiger partial charge is 0.464 e. The Morgan fingerprint density at radius 1 is 1.27 bits per heavy atom. The number of benzene rings is 1. The molecule has 1 aliphatic rings. The standard InChI is InChI=1S/C19H26FNO5/c1-3-8-16(20)26-18(23)21-19(17(22)24-4-2)11-15(12-19)25-13-14-9-6-5-7-10-14/h5-7,9-10,15-16H,3-4,8,11-13H2,1-2H3,(H,21,23). The van der Waals surface area contributed by atoms with Crippen LogP contribution in [0.3, 0.4) is 0 Å². The van der Waals surface area contributed by atoms with Gasteiger partial charge in [-0.05, 0) is 18.9 Å². The summed E-state index contributed by atoms with van der Waals surface area (Å²) in [6.07, 6.45) is -1.66. The SMILES string of the molecule is CCCC(F)OC(=O)NC1(C(=O)OCC)CC(OCc2ccccc2)C1. The van der Waals surface area contributed by atoms with E-state index in [1.165, 1.54) is 0 Å². The topological polar surface area (TPSA) is 73.9 Å². The van der Waals surface area contributed by atoms with Crippen molar-refractivity contribution in [3.05, 3.63) is 35.9 Å². The van der Waals surface area contributed by atoms with Crippen LogP contribution >= 0.6 is 0 Å². The molecule has 144 valence electrons. The molecule has 6 nitrogen and oxygen atoms in total. The Bertz CT molecular complexity index is 589. The number of ether oxygens (including phenoxy) is 3. The minimum atomic E-state index is -1.69. The van der Waals surface area contributed by atoms with E-state index in [0.717, 1.165) is 5.56 Å². The molecule has 2 rings (SSSR count). The molecule has 1 amide bonds. The van der Waals surface area contributed by atoms with Gasteiger partial charge in [0.15, 0.2) is 0 Å². The van der Waals surface area contributed by atoms with Crippen LogP contribution in [0.15, 0.2) is 30.3 Å². The van der Waals surface area contributed by atoms with Crippen molar-refractivity contribution in [2.24, 2.45) is 0 Å². The van der Waals surface area contributed by atoms with E-state index in [4.69, 9.17) is 9.47 Å². The summed E-state index contributed by atoms with van der Waals surface area (Å²) < 4.78 is 28.9. The van der Waals surface area contributed by atoms with E-state index in [-0.39, 0.29) is 32.0 Å². The summed E-state index contributed by atoms with van der Waals surface area (Å²) in [6, 6.07) is 9.65. The Labute approximate surface area is 153 Å². The smallest absolute Gasteiger partial charge is 0.410 e. The first-order valence-electron chi connectivity index (χ1n) is 8.94. The quantitative estimate of drug-likeness (QED) is 0.677. The molecule has 1 aromatic rings. The fraction of sp³-hybridized carbons (Fsp3) is 0.579. The van der Waals surface area contributed by atoms with Gasteiger partial charge in [0.2, 0.25) is 6.36 Å². The van der Waals surface area contributed by atoms with Crippen molar-refractivity contribution in [3.63, 3.8) is 0 Å². The predicted octanol–water partition coefficient (Wildman–Crippen LogP) is 3.49. The third kappa shape index (κ3) is 5.42. The molecule has 1 unspecified atom stereocenters. The lowest BCUT2D eigenvalue weighted by Crippen LogP contribution is -2.65. The second kappa shape index (κ2) is 9.52. The highest BCUT2D eigenvalue weighted by atomic mass is 19.1. The third-order valence-electron chi connectivity index (χ3n) is 4.24. The Morgan fingerprint density at radius 3 is 2.58 bits per heavy atom. The Kier molecular flexibility index (Phi) is 7.38. The number of hydrogen-bond acceptors (Lipinski definition) is 5. The van der Waals surface area contributed by atoms with Crippen LogP contribution in [-0.2, 0) is 25.6 Å². The molecule has 1 saturated carbocycles. The van der Waals surface area contributed by atoms with Gasteiger partial charge in [-0.2, -0.15) is 0 Å². The number of alkyl carbamates (subject to hydrolysis) is 1. The molecule has 1 fully saturated rings. The fourth-order valence-corrected chi connectivity index (χ4v) is 2.84. The Morgan fingerprint density at radius 2 is 1.96 bits per heavy atom. The van der Waals surface area contributed by atoms with E-state index in [1.54, 1.807) is 13.8 Å². The van der Waals surface area contributed by atoms with Gasteiger partial charge in [-0.25, -0.2) is 14.0 Å². The molecule has 0 aromatic heterocycles. The van der Waals surface area contributed by atoms with Gasteiger partial charge >= 0.3 is 12.1 Å². The molecule has 1 atom stereocenters. The zero-order valence-corrected chi connectivity index (χ0v) is 15.2. The van der Waals surface area contributed by atoms with E-state index in [9.17, 15) is 14.0 Å². The zero-order chi connectivity index (χ0) is 19.0. The summed E-state index contributed by atoms with van der Waals surface area (Å²) in [5.74, 6) is -0.553. The molecule has 0 spiro atoms. The number of amides is 1. The number of hydrogen-bond donors (Lipinski definition) is 1. The number of rotatable bonds is 9. The highest BCUT2D eigenvalue weighted by molar-refractivity contribution is 5.87. The number of nitrogens with one attached hydrogen (secondary N) is 1. The summed E-state index contributed by atoms with van der Waals surface area (Å²) in [4.78, 5) is 24.2. The van der Waals surface area contributed by atoms with E-state index in [1.807, 2.05) is 30.3 Å². The molecule has 1 aliphatic carbocycles. The van der Waals surface area contributed by atoms with Gasteiger partial charge in [0, 0.05) is 19.3 Å². The molecular weight excluding hydrogens is 341 g/mol. The Hall–Kier alpha value is -2.15. The Balaban J connectivity index is 1.89. The van der Waals surface area contributed by atoms with E-state index in [2.05, 4.69) is 10.1 Å². The first-order chi connectivity index (χ1) is 12.5. The lowest BCUT2D eigenvalue weighted by atomic mass is 9.74. The molecule has 26 heavy (non-hydrogen) atoms. The van der Waals surface area contributed by atoms with Gasteiger partial charge in [0.1, 0.15) is 5.54 Å². The number of alkyl halides is 1. The lowest BCUT2D eigenvalue weighted by molar-refractivity contribution is -0.164. The number of halogens is 1. The minimum Gasteiger partial charge on any atom is -0.464 e. The second-order valence-electron chi connectivity index (χ2n) is 6.36. The molecule has 1 aromatic carbocycles. The van der Waals surface area contributed by atoms with Gasteiger partial charge in [-0.15, -0.1) is 0 Å². The van der Waals surface area contributed by atoms with Gasteiger partial charge in [-0.3, -0.25) is 0 Å². The maximum atomic E-state index is 13.5. The van der Waals surface area contributed by atoms with Crippen LogP contribution in [0.4, 0.5) is 9.18 Å². The van der Waals surface area contributed by atoms with Crippen LogP contribution in [0.25, 0.3) is 0 Å². The van der Waals surface area contributed by atoms with E-state index >= 15 is 0 Å². The van der Waals surface area contributed by atoms with Crippen molar-refractivity contribution >= 4 is 12.1 Å². The van der Waals surface area contributed by atoms with Crippen molar-refractivity contribution in [2.75, 3.05) is 6.61 Å². The van der Waals surface area contributed by atoms with Crippen molar-refractivity contribution in [1.82, 2.24) is 5.32 Å². The predicted molar refractivity (Wildman–Crippen MR) is 93.0 cm³/mol. The summed E-state index contributed by atoms with van der Waals surface area (Å²) in [7, 11) is 0. The second-order valence-corrected chi connectivity index (χ2v) is 6.36. The molecule has 0 saturated heterocycles. The molecule has 7 heteroatoms. The third-order valence-corrected chi connectivity index (χ3v) is 4.24. The maximum Gasteiger partial charge on any atom is 0.410 e. The van der Waals surface area contributed by atoms with Crippen LogP contribution in [0, 0.1) is 0 Å². The van der Waals surface area contributed by atoms with Gasteiger partial charge in [0.05, 0.1) is 19.3 Å². The van der Waals surface area contributed by atoms with Crippen LogP contribution in [0.5, 0.6) is 0 Å².